The molecule has 1 saturated carbocycles. The lowest BCUT2D eigenvalue weighted by Crippen LogP contribution is -2.61. The van der Waals surface area contributed by atoms with E-state index in [4.69, 9.17) is 5.73 Å². The van der Waals surface area contributed by atoms with Crippen molar-refractivity contribution in [2.75, 3.05) is 18.6 Å². The molecule has 0 unspecified atom stereocenters. The van der Waals surface area contributed by atoms with Crippen LogP contribution in [0.5, 0.6) is 0 Å². The number of hydrogen-bond acceptors (Lipinski definition) is 5. The normalized spacial score (nSPS) is 25.6. The van der Waals surface area contributed by atoms with Gasteiger partial charge in [-0.05, 0) is 41.1 Å². The van der Waals surface area contributed by atoms with Crippen molar-refractivity contribution in [1.29, 1.82) is 0 Å². The van der Waals surface area contributed by atoms with Crippen LogP contribution in [0.4, 0.5) is 13.2 Å². The number of nitrogens with zero attached hydrogens (tertiary/aromatic N) is 1. The highest BCUT2D eigenvalue weighted by atomic mass is 32.2. The van der Waals surface area contributed by atoms with E-state index >= 15 is 0 Å². The van der Waals surface area contributed by atoms with Crippen LogP contribution in [-0.2, 0) is 19.2 Å². The summed E-state index contributed by atoms with van der Waals surface area (Å²) in [6, 6.07) is -3.39. The van der Waals surface area contributed by atoms with E-state index < -0.39 is 53.3 Å². The zero-order valence-corrected chi connectivity index (χ0v) is 20.5. The highest BCUT2D eigenvalue weighted by Gasteiger charge is 2.70. The molecular weight excluding hydrogens is 461 g/mol. The summed E-state index contributed by atoms with van der Waals surface area (Å²) < 4.78 is 38.7. The lowest BCUT2D eigenvalue weighted by Gasteiger charge is -2.38. The highest BCUT2D eigenvalue weighted by Crippen LogP contribution is 2.65. The van der Waals surface area contributed by atoms with Gasteiger partial charge in [0.2, 0.25) is 17.7 Å². The zero-order valence-electron chi connectivity index (χ0n) is 19.7. The van der Waals surface area contributed by atoms with Crippen molar-refractivity contribution in [1.82, 2.24) is 15.5 Å². The molecule has 0 aromatic rings. The third kappa shape index (κ3) is 5.75. The quantitative estimate of drug-likeness (QED) is 0.470. The van der Waals surface area contributed by atoms with E-state index in [-0.39, 0.29) is 23.8 Å². The first-order chi connectivity index (χ1) is 14.9. The molecule has 1 saturated heterocycles. The van der Waals surface area contributed by atoms with Gasteiger partial charge in [0, 0.05) is 6.54 Å². The molecule has 1 aliphatic heterocycles. The van der Waals surface area contributed by atoms with Crippen molar-refractivity contribution in [3.63, 3.8) is 0 Å². The molecule has 1 aliphatic carbocycles. The van der Waals surface area contributed by atoms with Crippen LogP contribution in [0.2, 0.25) is 0 Å². The number of hydrogen-bond donors (Lipinski definition) is 3. The maximum atomic E-state index is 13.4. The summed E-state index contributed by atoms with van der Waals surface area (Å²) in [5.74, 6) is -3.90. The van der Waals surface area contributed by atoms with Gasteiger partial charge in [0.05, 0.1) is 0 Å². The number of rotatable bonds is 8. The number of thioether (sulfide) groups is 1. The topological polar surface area (TPSA) is 122 Å². The summed E-state index contributed by atoms with van der Waals surface area (Å²) >= 11 is 1.48. The molecule has 0 radical (unpaired) electrons. The summed E-state index contributed by atoms with van der Waals surface area (Å²) in [5.41, 5.74) is 4.13. The molecule has 2 aliphatic rings. The average Bonchev–Trinajstić information content (AvgIpc) is 3.02. The van der Waals surface area contributed by atoms with Gasteiger partial charge in [-0.2, -0.15) is 24.9 Å². The summed E-state index contributed by atoms with van der Waals surface area (Å²) in [5, 5.41) is 4.43. The van der Waals surface area contributed by atoms with Crippen molar-refractivity contribution in [3.05, 3.63) is 0 Å². The first-order valence-electron chi connectivity index (χ1n) is 10.7. The van der Waals surface area contributed by atoms with Gasteiger partial charge in [-0.15, -0.1) is 0 Å². The summed E-state index contributed by atoms with van der Waals surface area (Å²) in [6.07, 6.45) is -3.00. The number of carbonyl (C=O) groups excluding carboxylic acids is 4. The summed E-state index contributed by atoms with van der Waals surface area (Å²) in [6.45, 7) is 8.69. The van der Waals surface area contributed by atoms with Gasteiger partial charge >= 0.3 is 12.1 Å². The Labute approximate surface area is 195 Å². The van der Waals surface area contributed by atoms with Crippen LogP contribution in [0.25, 0.3) is 0 Å². The zero-order chi connectivity index (χ0) is 25.5. The fraction of sp³-hybridized carbons (Fsp3) is 0.810. The molecule has 2 fully saturated rings. The lowest BCUT2D eigenvalue weighted by atomic mass is 9.85. The van der Waals surface area contributed by atoms with Crippen molar-refractivity contribution >= 4 is 35.4 Å². The maximum Gasteiger partial charge on any atom is 0.471 e. The smallest absolute Gasteiger partial charge is 0.368 e. The van der Waals surface area contributed by atoms with Crippen LogP contribution >= 0.6 is 11.8 Å². The third-order valence-electron chi connectivity index (χ3n) is 6.68. The number of halogens is 3. The van der Waals surface area contributed by atoms with E-state index in [9.17, 15) is 32.3 Å². The molecule has 8 nitrogen and oxygen atoms in total. The number of piperidine rings is 1. The molecule has 1 heterocycles. The molecule has 0 bridgehead atoms. The molecular formula is C21H33F3N4O4S. The second kappa shape index (κ2) is 9.34. The van der Waals surface area contributed by atoms with Gasteiger partial charge in [0.1, 0.15) is 18.1 Å². The Balaban J connectivity index is 2.31. The lowest BCUT2D eigenvalue weighted by molar-refractivity contribution is -0.176. The van der Waals surface area contributed by atoms with E-state index in [0.717, 1.165) is 0 Å². The fourth-order valence-corrected chi connectivity index (χ4v) is 5.09. The van der Waals surface area contributed by atoms with Crippen LogP contribution in [-0.4, -0.2) is 71.4 Å². The van der Waals surface area contributed by atoms with Crippen LogP contribution in [0.3, 0.4) is 0 Å². The van der Waals surface area contributed by atoms with Gasteiger partial charge < -0.3 is 21.3 Å². The molecule has 0 aromatic carbocycles. The predicted octanol–water partition coefficient (Wildman–Crippen LogP) is 1.29. The van der Waals surface area contributed by atoms with Gasteiger partial charge in [0.25, 0.3) is 0 Å². The number of carbonyl (C=O) groups is 4. The Bertz CT molecular complexity index is 812. The molecule has 2 rings (SSSR count). The number of nitrogens with one attached hydrogen (secondary N) is 2. The van der Waals surface area contributed by atoms with Crippen LogP contribution in [0.1, 0.15) is 41.0 Å². The van der Waals surface area contributed by atoms with E-state index in [2.05, 4.69) is 5.32 Å². The fourth-order valence-electron chi connectivity index (χ4n) is 4.62. The van der Waals surface area contributed by atoms with Gasteiger partial charge in [-0.1, -0.05) is 34.6 Å². The number of likely N-dealkylation sites (tertiary alicyclic amines) is 1. The van der Waals surface area contributed by atoms with Gasteiger partial charge in [-0.25, -0.2) is 0 Å². The van der Waals surface area contributed by atoms with E-state index in [1.54, 1.807) is 5.32 Å². The Kier molecular flexibility index (Phi) is 7.72. The van der Waals surface area contributed by atoms with Gasteiger partial charge in [-0.3, -0.25) is 19.2 Å². The molecule has 5 atom stereocenters. The Morgan fingerprint density at radius 1 is 1.15 bits per heavy atom. The highest BCUT2D eigenvalue weighted by molar-refractivity contribution is 7.98. The molecule has 0 spiro atoms. The predicted molar refractivity (Wildman–Crippen MR) is 118 cm³/mol. The van der Waals surface area contributed by atoms with Crippen LogP contribution < -0.4 is 16.4 Å². The minimum absolute atomic E-state index is 0.0191. The van der Waals surface area contributed by atoms with E-state index in [1.165, 1.54) is 37.4 Å². The first-order valence-corrected chi connectivity index (χ1v) is 12.1. The Hall–Kier alpha value is -1.98. The van der Waals surface area contributed by atoms with E-state index in [0.29, 0.717) is 12.2 Å². The van der Waals surface area contributed by atoms with Crippen molar-refractivity contribution in [3.8, 4) is 0 Å². The second-order valence-electron chi connectivity index (χ2n) is 10.4. The number of nitrogens with two attached hydrogens (primary N) is 1. The molecule has 0 aromatic heterocycles. The number of fused-ring (bicyclic) bond motifs is 1. The van der Waals surface area contributed by atoms with Crippen LogP contribution in [0.15, 0.2) is 0 Å². The minimum Gasteiger partial charge on any atom is -0.368 e. The second-order valence-corrected chi connectivity index (χ2v) is 11.4. The molecule has 12 heteroatoms. The molecule has 33 heavy (non-hydrogen) atoms. The largest absolute Gasteiger partial charge is 0.471 e. The van der Waals surface area contributed by atoms with Crippen molar-refractivity contribution < 1.29 is 32.3 Å². The van der Waals surface area contributed by atoms with Crippen molar-refractivity contribution in [2.24, 2.45) is 28.4 Å². The molecule has 4 amide bonds. The summed E-state index contributed by atoms with van der Waals surface area (Å²) in [4.78, 5) is 51.3. The number of alkyl halides is 3. The monoisotopic (exact) mass is 494 g/mol. The SMILES string of the molecule is CSCC[C@H](NC(=O)[C@@H]1[C@@H]2[C@H](CN1C(=O)[C@@H](NC(=O)C(F)(F)F)C(C)(C)C)C2(C)C)C(N)=O. The molecule has 188 valence electrons. The first kappa shape index (κ1) is 27.3. The summed E-state index contributed by atoms with van der Waals surface area (Å²) in [7, 11) is 0. The van der Waals surface area contributed by atoms with E-state index in [1.807, 2.05) is 20.1 Å². The standard InChI is InChI=1S/C21H33F3N4O4S/c1-19(2,3)14(27-18(32)21(22,23)24)17(31)28-9-10-12(20(10,4)5)13(28)16(30)26-11(15(25)29)7-8-33-6/h10-14H,7-9H2,1-6H3,(H2,25,29)(H,26,30)(H,27,32)/t10-,11-,12-,13-,14+/m0/s1. The van der Waals surface area contributed by atoms with Crippen LogP contribution in [0, 0.1) is 22.7 Å². The molecule has 4 N–H and O–H groups in total. The maximum absolute atomic E-state index is 13.4. The average molecular weight is 495 g/mol. The Morgan fingerprint density at radius 2 is 1.73 bits per heavy atom. The number of amides is 4. The Morgan fingerprint density at radius 3 is 2.18 bits per heavy atom. The number of primary amides is 1. The third-order valence-corrected chi connectivity index (χ3v) is 7.32. The minimum atomic E-state index is -5.15. The van der Waals surface area contributed by atoms with Gasteiger partial charge in [0.15, 0.2) is 0 Å². The van der Waals surface area contributed by atoms with Crippen molar-refractivity contribution in [2.45, 2.75) is 65.3 Å².